The quantitative estimate of drug-likeness (QED) is 0.144. The molecule has 6 aromatic rings. The Hall–Kier alpha value is -4.98. The molecule has 1 heteroatoms. The van der Waals surface area contributed by atoms with Gasteiger partial charge < -0.3 is 0 Å². The smallest absolute Gasteiger partial charge is 0.0679 e. The molecule has 0 amide bonds. The molecule has 0 saturated carbocycles. The average Bonchev–Trinajstić information content (AvgIpc) is 3.75. The summed E-state index contributed by atoms with van der Waals surface area (Å²) in [4.78, 5) is 0. The maximum absolute atomic E-state index is 2.67. The molecule has 2 unspecified atom stereocenters. The Kier molecular flexibility index (Phi) is 8.18. The number of rotatable bonds is 8. The molecule has 0 spiro atoms. The van der Waals surface area contributed by atoms with Gasteiger partial charge in [0.1, 0.15) is 0 Å². The minimum absolute atomic E-state index is 0.482. The topological polar surface area (TPSA) is 0 Å². The highest BCUT2D eigenvalue weighted by Crippen LogP contribution is 2.55. The van der Waals surface area contributed by atoms with Crippen LogP contribution in [0.4, 0.5) is 0 Å². The van der Waals surface area contributed by atoms with Crippen molar-refractivity contribution in [3.63, 3.8) is 0 Å². The van der Waals surface area contributed by atoms with E-state index in [2.05, 4.69) is 185 Å². The standard InChI is InChI=1S/C48H44Si/c1-5-33-31-45-41(39-27-23-37(24-28-39)35-15-9-7-10-16-35)19-13-21-43(45)47(33)49(3,4)48-34(6-2)32-46-42(20-14-22-44(46)48)40-29-25-38(26-30-40)36-17-11-8-12-18-36/h7-32,47-48H,5-6H2,1-4H3. The minimum atomic E-state index is -2.00. The molecular weight excluding hydrogens is 605 g/mol. The Bertz CT molecular complexity index is 2020. The lowest BCUT2D eigenvalue weighted by Crippen LogP contribution is -2.42. The van der Waals surface area contributed by atoms with Crippen LogP contribution in [0, 0.1) is 0 Å². The van der Waals surface area contributed by atoms with Crippen molar-refractivity contribution in [2.75, 3.05) is 0 Å². The second-order valence-corrected chi connectivity index (χ2v) is 19.1. The van der Waals surface area contributed by atoms with Gasteiger partial charge in [-0.2, -0.15) is 0 Å². The molecule has 0 radical (unpaired) electrons. The first kappa shape index (κ1) is 31.3. The summed E-state index contributed by atoms with van der Waals surface area (Å²) in [6.07, 6.45) is 7.29. The molecule has 0 saturated heterocycles. The second-order valence-electron chi connectivity index (χ2n) is 14.3. The van der Waals surface area contributed by atoms with E-state index in [1.165, 1.54) is 66.8 Å². The molecule has 0 N–H and O–H groups in total. The summed E-state index contributed by atoms with van der Waals surface area (Å²) in [5.41, 5.74) is 20.5. The van der Waals surface area contributed by atoms with Crippen molar-refractivity contribution in [2.45, 2.75) is 50.9 Å². The van der Waals surface area contributed by atoms with Crippen LogP contribution in [-0.2, 0) is 0 Å². The molecule has 0 fully saturated rings. The van der Waals surface area contributed by atoms with Gasteiger partial charge in [0.15, 0.2) is 0 Å². The summed E-state index contributed by atoms with van der Waals surface area (Å²) in [6, 6.07) is 53.9. The molecule has 8 rings (SSSR count). The average molecular weight is 649 g/mol. The SMILES string of the molecule is CCC1=Cc2c(-c3ccc(-c4ccccc4)cc3)cccc2C1[Si](C)(C)C1C(CC)=Cc2c(-c3ccc(-c4ccccc4)cc3)cccc21. The minimum Gasteiger partial charge on any atom is -0.0679 e. The van der Waals surface area contributed by atoms with Gasteiger partial charge in [-0.05, 0) is 79.6 Å². The van der Waals surface area contributed by atoms with Gasteiger partial charge in [-0.3, -0.25) is 0 Å². The lowest BCUT2D eigenvalue weighted by atomic mass is 9.95. The summed E-state index contributed by atoms with van der Waals surface area (Å²) in [5.74, 6) is 0. The van der Waals surface area contributed by atoms with Gasteiger partial charge in [0.2, 0.25) is 0 Å². The third-order valence-corrected chi connectivity index (χ3v) is 15.6. The number of benzene rings is 6. The van der Waals surface area contributed by atoms with E-state index < -0.39 is 8.07 Å². The third-order valence-electron chi connectivity index (χ3n) is 11.2. The van der Waals surface area contributed by atoms with E-state index >= 15 is 0 Å². The first-order chi connectivity index (χ1) is 24.0. The molecule has 0 heterocycles. The predicted molar refractivity (Wildman–Crippen MR) is 214 cm³/mol. The van der Waals surface area contributed by atoms with E-state index in [0.717, 1.165) is 12.8 Å². The zero-order valence-corrected chi connectivity index (χ0v) is 30.1. The monoisotopic (exact) mass is 648 g/mol. The van der Waals surface area contributed by atoms with Crippen LogP contribution in [0.25, 0.3) is 56.7 Å². The normalized spacial score (nSPS) is 16.6. The lowest BCUT2D eigenvalue weighted by molar-refractivity contribution is 0.898. The van der Waals surface area contributed by atoms with Gasteiger partial charge in [-0.25, -0.2) is 0 Å². The van der Waals surface area contributed by atoms with Crippen molar-refractivity contribution < 1.29 is 0 Å². The molecule has 49 heavy (non-hydrogen) atoms. The Morgan fingerprint density at radius 1 is 0.388 bits per heavy atom. The van der Waals surface area contributed by atoms with Crippen LogP contribution in [0.15, 0.2) is 157 Å². The summed E-state index contributed by atoms with van der Waals surface area (Å²) in [7, 11) is -2.00. The van der Waals surface area contributed by atoms with Crippen molar-refractivity contribution in [2.24, 2.45) is 0 Å². The fourth-order valence-electron chi connectivity index (χ4n) is 8.91. The Labute approximate surface area is 293 Å². The molecule has 0 aliphatic heterocycles. The zero-order valence-electron chi connectivity index (χ0n) is 29.1. The summed E-state index contributed by atoms with van der Waals surface area (Å²) >= 11 is 0. The van der Waals surface area contributed by atoms with E-state index in [1.54, 1.807) is 11.1 Å². The molecule has 2 aliphatic rings. The Morgan fingerprint density at radius 3 is 1.10 bits per heavy atom. The van der Waals surface area contributed by atoms with E-state index in [9.17, 15) is 0 Å². The molecule has 0 aromatic heterocycles. The predicted octanol–water partition coefficient (Wildman–Crippen LogP) is 13.6. The molecule has 2 aliphatic carbocycles. The fraction of sp³-hybridized carbons (Fsp3) is 0.167. The zero-order chi connectivity index (χ0) is 33.5. The lowest BCUT2D eigenvalue weighted by Gasteiger charge is -2.40. The highest BCUT2D eigenvalue weighted by atomic mass is 28.3. The largest absolute Gasteiger partial charge is 0.0722 e. The van der Waals surface area contributed by atoms with Crippen molar-refractivity contribution >= 4 is 20.2 Å². The van der Waals surface area contributed by atoms with Crippen LogP contribution in [0.3, 0.4) is 0 Å². The first-order valence-electron chi connectivity index (χ1n) is 18.0. The van der Waals surface area contributed by atoms with Gasteiger partial charge in [0.05, 0.1) is 8.07 Å². The maximum Gasteiger partial charge on any atom is 0.0722 e. The number of fused-ring (bicyclic) bond motifs is 2. The van der Waals surface area contributed by atoms with E-state index in [-0.39, 0.29) is 0 Å². The molecule has 2 atom stereocenters. The molecule has 6 aromatic carbocycles. The van der Waals surface area contributed by atoms with Gasteiger partial charge in [0, 0.05) is 11.1 Å². The Morgan fingerprint density at radius 2 is 0.735 bits per heavy atom. The van der Waals surface area contributed by atoms with Crippen molar-refractivity contribution in [1.29, 1.82) is 0 Å². The van der Waals surface area contributed by atoms with Crippen LogP contribution in [0.5, 0.6) is 0 Å². The Balaban J connectivity index is 1.16. The van der Waals surface area contributed by atoms with Crippen molar-refractivity contribution in [3.8, 4) is 44.5 Å². The van der Waals surface area contributed by atoms with Gasteiger partial charge in [-0.15, -0.1) is 0 Å². The van der Waals surface area contributed by atoms with Gasteiger partial charge in [0.25, 0.3) is 0 Å². The number of hydrogen-bond donors (Lipinski definition) is 0. The van der Waals surface area contributed by atoms with Crippen LogP contribution < -0.4 is 0 Å². The van der Waals surface area contributed by atoms with Crippen LogP contribution in [0.1, 0.15) is 60.0 Å². The van der Waals surface area contributed by atoms with Crippen molar-refractivity contribution in [3.05, 3.63) is 179 Å². The molecular formula is C48H44Si. The van der Waals surface area contributed by atoms with E-state index in [1.807, 2.05) is 0 Å². The third kappa shape index (κ3) is 5.47. The number of hydrogen-bond acceptors (Lipinski definition) is 0. The van der Waals surface area contributed by atoms with Gasteiger partial charge >= 0.3 is 0 Å². The van der Waals surface area contributed by atoms with E-state index in [0.29, 0.717) is 11.1 Å². The summed E-state index contributed by atoms with van der Waals surface area (Å²) < 4.78 is 0. The van der Waals surface area contributed by atoms with E-state index in [4.69, 9.17) is 0 Å². The highest BCUT2D eigenvalue weighted by Gasteiger charge is 2.48. The second kappa shape index (κ2) is 12.8. The fourth-order valence-corrected chi connectivity index (χ4v) is 13.8. The molecule has 0 nitrogen and oxygen atoms in total. The first-order valence-corrected chi connectivity index (χ1v) is 21.1. The maximum atomic E-state index is 2.67. The van der Waals surface area contributed by atoms with Crippen LogP contribution in [0.2, 0.25) is 13.1 Å². The van der Waals surface area contributed by atoms with Crippen molar-refractivity contribution in [1.82, 2.24) is 0 Å². The van der Waals surface area contributed by atoms with Crippen LogP contribution in [-0.4, -0.2) is 8.07 Å². The molecule has 240 valence electrons. The van der Waals surface area contributed by atoms with Crippen LogP contribution >= 0.6 is 0 Å². The summed E-state index contributed by atoms with van der Waals surface area (Å²) in [6.45, 7) is 10.1. The highest BCUT2D eigenvalue weighted by molar-refractivity contribution is 6.81. The van der Waals surface area contributed by atoms with Gasteiger partial charge in [-0.1, -0.05) is 196 Å². The summed E-state index contributed by atoms with van der Waals surface area (Å²) in [5, 5.41) is 0. The number of allylic oxidation sites excluding steroid dienone is 2. The molecule has 0 bridgehead atoms.